The van der Waals surface area contributed by atoms with Crippen LogP contribution in [0.3, 0.4) is 0 Å². The summed E-state index contributed by atoms with van der Waals surface area (Å²) in [5, 5.41) is 10.6. The predicted octanol–water partition coefficient (Wildman–Crippen LogP) is 2.99. The molecule has 23 heavy (non-hydrogen) atoms. The average Bonchev–Trinajstić information content (AvgIpc) is 2.55. The molecule has 0 atom stereocenters. The number of hydrogen-bond acceptors (Lipinski definition) is 6. The molecule has 0 saturated heterocycles. The molecule has 0 spiro atoms. The van der Waals surface area contributed by atoms with Gasteiger partial charge in [-0.25, -0.2) is 9.59 Å². The summed E-state index contributed by atoms with van der Waals surface area (Å²) in [6, 6.07) is 11.0. The van der Waals surface area contributed by atoms with Gasteiger partial charge in [-0.2, -0.15) is 0 Å². The van der Waals surface area contributed by atoms with E-state index < -0.39 is 16.9 Å². The monoisotopic (exact) mass is 315 g/mol. The largest absolute Gasteiger partial charge is 0.462 e. The van der Waals surface area contributed by atoms with E-state index in [1.807, 2.05) is 0 Å². The zero-order valence-electron chi connectivity index (χ0n) is 12.2. The molecule has 7 heteroatoms. The van der Waals surface area contributed by atoms with Gasteiger partial charge < -0.3 is 9.47 Å². The molecule has 7 nitrogen and oxygen atoms in total. The van der Waals surface area contributed by atoms with Gasteiger partial charge in [0.1, 0.15) is 5.75 Å². The van der Waals surface area contributed by atoms with E-state index in [1.54, 1.807) is 19.1 Å². The Morgan fingerprint density at radius 1 is 1.04 bits per heavy atom. The smallest absolute Gasteiger partial charge is 0.343 e. The molecule has 0 radical (unpaired) electrons. The summed E-state index contributed by atoms with van der Waals surface area (Å²) < 4.78 is 10.0. The SMILES string of the molecule is CCOC(=O)c1cccc(OC(=O)c2ccc([N+](=O)[O-])cc2)c1. The van der Waals surface area contributed by atoms with Crippen LogP contribution in [-0.4, -0.2) is 23.5 Å². The normalized spacial score (nSPS) is 9.96. The van der Waals surface area contributed by atoms with Crippen LogP contribution in [0.4, 0.5) is 5.69 Å². The summed E-state index contributed by atoms with van der Waals surface area (Å²) in [5.41, 5.74) is 0.309. The quantitative estimate of drug-likeness (QED) is 0.364. The molecule has 118 valence electrons. The molecule has 0 aliphatic heterocycles. The van der Waals surface area contributed by atoms with Crippen LogP contribution < -0.4 is 4.74 Å². The van der Waals surface area contributed by atoms with Gasteiger partial charge in [-0.15, -0.1) is 0 Å². The molecule has 2 aromatic carbocycles. The number of nitrogens with zero attached hydrogens (tertiary/aromatic N) is 1. The Morgan fingerprint density at radius 3 is 2.35 bits per heavy atom. The molecule has 0 amide bonds. The zero-order valence-corrected chi connectivity index (χ0v) is 12.2. The summed E-state index contributed by atoms with van der Waals surface area (Å²) in [6.45, 7) is 1.93. The van der Waals surface area contributed by atoms with E-state index in [4.69, 9.17) is 9.47 Å². The second-order valence-corrected chi connectivity index (χ2v) is 4.44. The third-order valence-electron chi connectivity index (χ3n) is 2.87. The van der Waals surface area contributed by atoms with Crippen molar-refractivity contribution in [2.24, 2.45) is 0 Å². The van der Waals surface area contributed by atoms with Gasteiger partial charge in [0.2, 0.25) is 0 Å². The van der Waals surface area contributed by atoms with Crippen molar-refractivity contribution in [3.63, 3.8) is 0 Å². The molecule has 0 aliphatic carbocycles. The van der Waals surface area contributed by atoms with Crippen molar-refractivity contribution in [1.29, 1.82) is 0 Å². The number of ether oxygens (including phenoxy) is 2. The number of benzene rings is 2. The van der Waals surface area contributed by atoms with Crippen LogP contribution in [0.5, 0.6) is 5.75 Å². The lowest BCUT2D eigenvalue weighted by atomic mass is 10.2. The molecule has 0 aliphatic rings. The van der Waals surface area contributed by atoms with Crippen LogP contribution in [0.1, 0.15) is 27.6 Å². The minimum Gasteiger partial charge on any atom is -0.462 e. The fraction of sp³-hybridized carbons (Fsp3) is 0.125. The van der Waals surface area contributed by atoms with Crippen LogP contribution in [0.2, 0.25) is 0 Å². The second-order valence-electron chi connectivity index (χ2n) is 4.44. The number of rotatable bonds is 5. The summed E-state index contributed by atoms with van der Waals surface area (Å²) in [7, 11) is 0. The van der Waals surface area contributed by atoms with Gasteiger partial charge >= 0.3 is 11.9 Å². The van der Waals surface area contributed by atoms with Gasteiger partial charge in [0.25, 0.3) is 5.69 Å². The molecule has 2 aromatic rings. The van der Waals surface area contributed by atoms with Crippen LogP contribution in [0.25, 0.3) is 0 Å². The molecule has 0 N–H and O–H groups in total. The number of esters is 2. The maximum Gasteiger partial charge on any atom is 0.343 e. The summed E-state index contributed by atoms with van der Waals surface area (Å²) in [6.07, 6.45) is 0. The number of hydrogen-bond donors (Lipinski definition) is 0. The van der Waals surface area contributed by atoms with Crippen molar-refractivity contribution in [2.75, 3.05) is 6.61 Å². The molecule has 2 rings (SSSR count). The molecule has 0 unspecified atom stereocenters. The van der Waals surface area contributed by atoms with Gasteiger partial charge in [0.15, 0.2) is 0 Å². The van der Waals surface area contributed by atoms with Crippen LogP contribution in [0, 0.1) is 10.1 Å². The Balaban J connectivity index is 2.12. The van der Waals surface area contributed by atoms with Gasteiger partial charge in [-0.05, 0) is 37.3 Å². The molecule has 0 heterocycles. The third kappa shape index (κ3) is 4.13. The Morgan fingerprint density at radius 2 is 1.74 bits per heavy atom. The fourth-order valence-electron chi connectivity index (χ4n) is 1.79. The first-order chi connectivity index (χ1) is 11.0. The highest BCUT2D eigenvalue weighted by molar-refractivity contribution is 5.92. The number of non-ortho nitro benzene ring substituents is 1. The Labute approximate surface area is 131 Å². The third-order valence-corrected chi connectivity index (χ3v) is 2.87. The van der Waals surface area contributed by atoms with E-state index in [1.165, 1.54) is 36.4 Å². The van der Waals surface area contributed by atoms with E-state index in [9.17, 15) is 19.7 Å². The lowest BCUT2D eigenvalue weighted by molar-refractivity contribution is -0.384. The van der Waals surface area contributed by atoms with E-state index >= 15 is 0 Å². The molecule has 0 fully saturated rings. The zero-order chi connectivity index (χ0) is 16.8. The van der Waals surface area contributed by atoms with E-state index in [-0.39, 0.29) is 29.2 Å². The van der Waals surface area contributed by atoms with E-state index in [0.29, 0.717) is 0 Å². The van der Waals surface area contributed by atoms with Gasteiger partial charge in [-0.1, -0.05) is 6.07 Å². The second kappa shape index (κ2) is 7.17. The van der Waals surface area contributed by atoms with Crippen LogP contribution in [-0.2, 0) is 4.74 Å². The number of nitro benzene ring substituents is 1. The van der Waals surface area contributed by atoms with Gasteiger partial charge in [-0.3, -0.25) is 10.1 Å². The lowest BCUT2D eigenvalue weighted by Crippen LogP contribution is -2.10. The Kier molecular flexibility index (Phi) is 5.03. The highest BCUT2D eigenvalue weighted by atomic mass is 16.6. The average molecular weight is 315 g/mol. The van der Waals surface area contributed by atoms with Crippen molar-refractivity contribution in [3.8, 4) is 5.75 Å². The first-order valence-corrected chi connectivity index (χ1v) is 6.75. The summed E-state index contributed by atoms with van der Waals surface area (Å²) >= 11 is 0. The molecule has 0 aromatic heterocycles. The molecular weight excluding hydrogens is 302 g/mol. The van der Waals surface area contributed by atoms with Gasteiger partial charge in [0.05, 0.1) is 22.7 Å². The highest BCUT2D eigenvalue weighted by Crippen LogP contribution is 2.17. The topological polar surface area (TPSA) is 95.7 Å². The van der Waals surface area contributed by atoms with Crippen molar-refractivity contribution in [1.82, 2.24) is 0 Å². The van der Waals surface area contributed by atoms with Crippen molar-refractivity contribution in [2.45, 2.75) is 6.92 Å². The van der Waals surface area contributed by atoms with Crippen molar-refractivity contribution < 1.29 is 24.0 Å². The van der Waals surface area contributed by atoms with Crippen LogP contribution >= 0.6 is 0 Å². The maximum atomic E-state index is 12.0. The molecular formula is C16H13NO6. The number of carbonyl (C=O) groups excluding carboxylic acids is 2. The number of nitro groups is 1. The Hall–Kier alpha value is -3.22. The van der Waals surface area contributed by atoms with E-state index in [2.05, 4.69) is 0 Å². The minimum absolute atomic E-state index is 0.120. The Bertz CT molecular complexity index is 738. The maximum absolute atomic E-state index is 12.0. The van der Waals surface area contributed by atoms with Gasteiger partial charge in [0, 0.05) is 12.1 Å². The molecule has 0 bridgehead atoms. The fourth-order valence-corrected chi connectivity index (χ4v) is 1.79. The summed E-state index contributed by atoms with van der Waals surface area (Å²) in [5.74, 6) is -1.01. The number of carbonyl (C=O) groups is 2. The standard InChI is InChI=1S/C16H13NO6/c1-2-22-15(18)12-4-3-5-14(10-12)23-16(19)11-6-8-13(9-7-11)17(20)21/h3-10H,2H2,1H3. The predicted molar refractivity (Wildman–Crippen MR) is 80.5 cm³/mol. The summed E-state index contributed by atoms with van der Waals surface area (Å²) in [4.78, 5) is 33.6. The lowest BCUT2D eigenvalue weighted by Gasteiger charge is -2.06. The molecule has 0 saturated carbocycles. The highest BCUT2D eigenvalue weighted by Gasteiger charge is 2.13. The van der Waals surface area contributed by atoms with Crippen molar-refractivity contribution >= 4 is 17.6 Å². The minimum atomic E-state index is -0.680. The van der Waals surface area contributed by atoms with Crippen molar-refractivity contribution in [3.05, 3.63) is 69.8 Å². The first-order valence-electron chi connectivity index (χ1n) is 6.75. The van der Waals surface area contributed by atoms with Crippen LogP contribution in [0.15, 0.2) is 48.5 Å². The first kappa shape index (κ1) is 16.2. The van der Waals surface area contributed by atoms with E-state index in [0.717, 1.165) is 0 Å².